The molecular weight excluding hydrogens is 624 g/mol. The van der Waals surface area contributed by atoms with Crippen LogP contribution < -0.4 is 16.0 Å². The van der Waals surface area contributed by atoms with E-state index in [0.29, 0.717) is 17.0 Å². The molecule has 0 saturated carbocycles. The highest BCUT2D eigenvalue weighted by Crippen LogP contribution is 2.34. The summed E-state index contributed by atoms with van der Waals surface area (Å²) >= 11 is 0. The molecule has 5 N–H and O–H groups in total. The number of hydrogen-bond acceptors (Lipinski definition) is 9. The molecule has 0 fully saturated rings. The van der Waals surface area contributed by atoms with Gasteiger partial charge in [0.05, 0.1) is 39.3 Å². The Labute approximate surface area is 274 Å². The lowest BCUT2D eigenvalue weighted by Crippen LogP contribution is -2.39. The van der Waals surface area contributed by atoms with Crippen molar-refractivity contribution in [2.24, 2.45) is 0 Å². The topological polar surface area (TPSA) is 214 Å². The predicted molar refractivity (Wildman–Crippen MR) is 171 cm³/mol. The van der Waals surface area contributed by atoms with Gasteiger partial charge in [-0.15, -0.1) is 0 Å². The molecule has 1 heterocycles. The van der Waals surface area contributed by atoms with E-state index < -0.39 is 46.7 Å². The molecule has 1 aliphatic heterocycles. The van der Waals surface area contributed by atoms with Gasteiger partial charge in [-0.1, -0.05) is 42.5 Å². The number of amides is 2. The van der Waals surface area contributed by atoms with Crippen LogP contribution in [0.5, 0.6) is 0 Å². The van der Waals surface area contributed by atoms with E-state index in [-0.39, 0.29) is 53.0 Å². The first-order valence-electron chi connectivity index (χ1n) is 14.7. The number of nitro groups is 1. The number of nitrogens with one attached hydrogen (secondary N) is 3. The van der Waals surface area contributed by atoms with Gasteiger partial charge in [-0.25, -0.2) is 14.4 Å². The molecule has 2 unspecified atom stereocenters. The summed E-state index contributed by atoms with van der Waals surface area (Å²) in [4.78, 5) is 73.8. The maximum Gasteiger partial charge on any atom is 0.337 e. The van der Waals surface area contributed by atoms with E-state index in [1.807, 2.05) is 0 Å². The van der Waals surface area contributed by atoms with Crippen molar-refractivity contribution in [2.45, 2.75) is 32.3 Å². The number of hydrogen-bond donors (Lipinski definition) is 5. The molecule has 2 atom stereocenters. The van der Waals surface area contributed by atoms with Crippen molar-refractivity contribution < 1.29 is 43.8 Å². The van der Waals surface area contributed by atoms with E-state index in [9.17, 15) is 44.3 Å². The van der Waals surface area contributed by atoms with Crippen LogP contribution in [-0.4, -0.2) is 64.1 Å². The van der Waals surface area contributed by atoms with Crippen LogP contribution in [0, 0.1) is 10.1 Å². The molecule has 3 aromatic carbocycles. The first kappa shape index (κ1) is 34.6. The molecule has 48 heavy (non-hydrogen) atoms. The van der Waals surface area contributed by atoms with Crippen molar-refractivity contribution in [3.8, 4) is 0 Å². The zero-order valence-corrected chi connectivity index (χ0v) is 25.9. The minimum Gasteiger partial charge on any atom is -0.478 e. The van der Waals surface area contributed by atoms with Gasteiger partial charge in [0.1, 0.15) is 6.10 Å². The third-order valence-electron chi connectivity index (χ3n) is 7.50. The minimum atomic E-state index is -1.31. The summed E-state index contributed by atoms with van der Waals surface area (Å²) in [6.45, 7) is 3.04. The molecule has 3 aromatic rings. The molecule has 0 aliphatic carbocycles. The van der Waals surface area contributed by atoms with Gasteiger partial charge in [0.15, 0.2) is 0 Å². The van der Waals surface area contributed by atoms with E-state index in [2.05, 4.69) is 16.0 Å². The van der Waals surface area contributed by atoms with Gasteiger partial charge in [-0.2, -0.15) is 0 Å². The average molecular weight is 657 g/mol. The SMILES string of the molecule is CC1=CC(c2cccc([N+](=O)[O-])c2)C(C(=O)OC(CCNC(=O)c2ccccc2C(=O)O)CNC(=O)c2ccccc2C(=O)O)=C(C)N1. The minimum absolute atomic E-state index is 0.0380. The maximum absolute atomic E-state index is 13.8. The Kier molecular flexibility index (Phi) is 11.0. The Morgan fingerprint density at radius 3 is 1.98 bits per heavy atom. The third-order valence-corrected chi connectivity index (χ3v) is 7.50. The number of rotatable bonds is 13. The monoisotopic (exact) mass is 656 g/mol. The van der Waals surface area contributed by atoms with Crippen molar-refractivity contribution in [3.63, 3.8) is 0 Å². The third kappa shape index (κ3) is 8.28. The summed E-state index contributed by atoms with van der Waals surface area (Å²) in [5, 5.41) is 38.7. The van der Waals surface area contributed by atoms with Gasteiger partial charge in [-0.3, -0.25) is 19.7 Å². The molecule has 0 bridgehead atoms. The van der Waals surface area contributed by atoms with Gasteiger partial charge in [0.25, 0.3) is 17.5 Å². The fraction of sp³-hybridized carbons (Fsp3) is 0.206. The van der Waals surface area contributed by atoms with Crippen molar-refractivity contribution >= 4 is 35.4 Å². The predicted octanol–water partition coefficient (Wildman–Crippen LogP) is 4.02. The van der Waals surface area contributed by atoms with Gasteiger partial charge in [-0.05, 0) is 43.7 Å². The maximum atomic E-state index is 13.8. The van der Waals surface area contributed by atoms with Crippen LogP contribution in [0.4, 0.5) is 5.69 Å². The highest BCUT2D eigenvalue weighted by atomic mass is 16.6. The largest absolute Gasteiger partial charge is 0.478 e. The molecule has 0 radical (unpaired) electrons. The van der Waals surface area contributed by atoms with E-state index in [4.69, 9.17) is 4.74 Å². The number of carboxylic acid groups (broad SMARTS) is 2. The summed E-state index contributed by atoms with van der Waals surface area (Å²) in [5.41, 5.74) is 0.977. The molecule has 2 amide bonds. The summed E-state index contributed by atoms with van der Waals surface area (Å²) in [5.74, 6) is -5.54. The molecule has 4 rings (SSSR count). The highest BCUT2D eigenvalue weighted by molar-refractivity contribution is 6.05. The molecule has 248 valence electrons. The zero-order chi connectivity index (χ0) is 35.0. The number of non-ortho nitro benzene ring substituents is 1. The standard InChI is InChI=1S/C34H32N4O10/c1-19-16-28(21-8-7-9-22(17-21)38(46)47)29(20(2)37-19)34(45)48-23(18-36-31(40)25-11-4-6-13-27(25)33(43)44)14-15-35-30(39)24-10-3-5-12-26(24)32(41)42/h3-13,16-17,23,28,37H,14-15,18H2,1-2H3,(H,35,39)(H,36,40)(H,41,42)(H,43,44). The second kappa shape index (κ2) is 15.3. The summed E-state index contributed by atoms with van der Waals surface area (Å²) in [6, 6.07) is 17.1. The lowest BCUT2D eigenvalue weighted by molar-refractivity contribution is -0.384. The smallest absolute Gasteiger partial charge is 0.337 e. The Morgan fingerprint density at radius 2 is 1.42 bits per heavy atom. The zero-order valence-electron chi connectivity index (χ0n) is 25.9. The fourth-order valence-corrected chi connectivity index (χ4v) is 5.24. The van der Waals surface area contributed by atoms with Crippen LogP contribution in [0.2, 0.25) is 0 Å². The van der Waals surface area contributed by atoms with E-state index in [1.165, 1.54) is 66.7 Å². The van der Waals surface area contributed by atoms with Gasteiger partial charge < -0.3 is 30.9 Å². The molecule has 14 nitrogen and oxygen atoms in total. The second-order valence-electron chi connectivity index (χ2n) is 10.8. The number of allylic oxidation sites excluding steroid dienone is 3. The number of aromatic carboxylic acids is 2. The van der Waals surface area contributed by atoms with Crippen LogP contribution in [0.25, 0.3) is 0 Å². The Morgan fingerprint density at radius 1 is 0.854 bits per heavy atom. The number of esters is 1. The first-order valence-corrected chi connectivity index (χ1v) is 14.7. The Balaban J connectivity index is 1.57. The number of dihydropyridines is 1. The number of nitrogens with zero attached hydrogens (tertiary/aromatic N) is 1. The Hall–Kier alpha value is -6.31. The number of ether oxygens (including phenoxy) is 1. The quantitative estimate of drug-likeness (QED) is 0.101. The van der Waals surface area contributed by atoms with Crippen LogP contribution >= 0.6 is 0 Å². The van der Waals surface area contributed by atoms with Crippen molar-refractivity contribution in [1.82, 2.24) is 16.0 Å². The van der Waals surface area contributed by atoms with Gasteiger partial charge in [0.2, 0.25) is 0 Å². The summed E-state index contributed by atoms with van der Waals surface area (Å²) in [7, 11) is 0. The van der Waals surface area contributed by atoms with Crippen molar-refractivity contribution in [2.75, 3.05) is 13.1 Å². The second-order valence-corrected chi connectivity index (χ2v) is 10.8. The lowest BCUT2D eigenvalue weighted by atomic mass is 9.86. The number of carboxylic acids is 2. The molecule has 1 aliphatic rings. The van der Waals surface area contributed by atoms with Crippen LogP contribution in [0.15, 0.2) is 95.8 Å². The molecule has 0 aromatic heterocycles. The average Bonchev–Trinajstić information content (AvgIpc) is 3.06. The van der Waals surface area contributed by atoms with Crippen molar-refractivity contribution in [3.05, 3.63) is 134 Å². The van der Waals surface area contributed by atoms with Crippen LogP contribution in [0.1, 0.15) is 73.2 Å². The Bertz CT molecular complexity index is 1850. The lowest BCUT2D eigenvalue weighted by Gasteiger charge is -2.27. The van der Waals surface area contributed by atoms with Gasteiger partial charge >= 0.3 is 17.9 Å². The summed E-state index contributed by atoms with van der Waals surface area (Å²) in [6.07, 6.45) is 0.623. The number of carbonyl (C=O) groups is 5. The molecule has 0 saturated heterocycles. The molecule has 0 spiro atoms. The first-order chi connectivity index (χ1) is 22.9. The fourth-order valence-electron chi connectivity index (χ4n) is 5.24. The number of benzene rings is 3. The summed E-state index contributed by atoms with van der Waals surface area (Å²) < 4.78 is 5.86. The molecular formula is C34H32N4O10. The van der Waals surface area contributed by atoms with Crippen molar-refractivity contribution in [1.29, 1.82) is 0 Å². The number of carbonyl (C=O) groups excluding carboxylic acids is 3. The molecule has 14 heteroatoms. The highest BCUT2D eigenvalue weighted by Gasteiger charge is 2.31. The van der Waals surface area contributed by atoms with E-state index in [1.54, 1.807) is 26.0 Å². The van der Waals surface area contributed by atoms with Gasteiger partial charge in [0, 0.05) is 42.4 Å². The van der Waals surface area contributed by atoms with Crippen LogP contribution in [0.3, 0.4) is 0 Å². The normalized spacial score (nSPS) is 14.5. The number of nitro benzene ring substituents is 1. The van der Waals surface area contributed by atoms with E-state index >= 15 is 0 Å². The van der Waals surface area contributed by atoms with E-state index in [0.717, 1.165) is 0 Å². The van der Waals surface area contributed by atoms with Crippen LogP contribution in [-0.2, 0) is 9.53 Å².